The molecule has 4 heterocycles. The first-order valence-electron chi connectivity index (χ1n) is 9.33. The molecule has 1 aromatic heterocycles. The number of pyridine rings is 1. The molecule has 7 heteroatoms. The van der Waals surface area contributed by atoms with Gasteiger partial charge in [-0.2, -0.15) is 5.26 Å². The molecule has 3 aliphatic heterocycles. The minimum atomic E-state index is -0.747. The van der Waals surface area contributed by atoms with Crippen LogP contribution >= 0.6 is 0 Å². The fourth-order valence-electron chi connectivity index (χ4n) is 4.58. The normalized spacial score (nSPS) is 30.4. The predicted molar refractivity (Wildman–Crippen MR) is 102 cm³/mol. The minimum Gasteiger partial charge on any atom is -0.484 e. The highest BCUT2D eigenvalue weighted by atomic mass is 16.6. The van der Waals surface area contributed by atoms with Gasteiger partial charge in [-0.3, -0.25) is 4.98 Å². The number of nitriles is 1. The van der Waals surface area contributed by atoms with Gasteiger partial charge >= 0.3 is 0 Å². The topological polar surface area (TPSA) is 103 Å². The van der Waals surface area contributed by atoms with Gasteiger partial charge in [0.15, 0.2) is 5.54 Å². The third-order valence-corrected chi connectivity index (χ3v) is 5.83. The van der Waals surface area contributed by atoms with Crippen LogP contribution in [0.15, 0.2) is 41.7 Å². The molecule has 0 radical (unpaired) electrons. The second-order valence-corrected chi connectivity index (χ2v) is 7.72. The van der Waals surface area contributed by atoms with Crippen molar-refractivity contribution in [3.8, 4) is 22.9 Å². The van der Waals surface area contributed by atoms with Gasteiger partial charge in [-0.1, -0.05) is 6.07 Å². The number of aromatic nitrogens is 1. The highest BCUT2D eigenvalue weighted by Gasteiger charge is 2.60. The molecule has 1 saturated heterocycles. The van der Waals surface area contributed by atoms with Gasteiger partial charge in [-0.05, 0) is 43.5 Å². The van der Waals surface area contributed by atoms with Crippen molar-refractivity contribution in [3.63, 3.8) is 0 Å². The van der Waals surface area contributed by atoms with Crippen LogP contribution in [0.4, 0.5) is 0 Å². The van der Waals surface area contributed by atoms with Crippen molar-refractivity contribution in [1.82, 2.24) is 4.98 Å². The van der Waals surface area contributed by atoms with Gasteiger partial charge in [0.2, 0.25) is 0 Å². The van der Waals surface area contributed by atoms with E-state index in [0.29, 0.717) is 18.8 Å². The molecule has 0 saturated carbocycles. The summed E-state index contributed by atoms with van der Waals surface area (Å²) in [6, 6.07) is 10.1. The first-order chi connectivity index (χ1) is 13.5. The molecule has 3 atom stereocenters. The Bertz CT molecular complexity index is 1030. The van der Waals surface area contributed by atoms with Crippen molar-refractivity contribution < 1.29 is 14.2 Å². The zero-order valence-corrected chi connectivity index (χ0v) is 15.5. The van der Waals surface area contributed by atoms with Gasteiger partial charge in [0, 0.05) is 30.1 Å². The lowest BCUT2D eigenvalue weighted by molar-refractivity contribution is -0.167. The van der Waals surface area contributed by atoms with Gasteiger partial charge in [0.1, 0.15) is 30.1 Å². The third kappa shape index (κ3) is 2.38. The summed E-state index contributed by atoms with van der Waals surface area (Å²) in [5.74, 6) is 0.763. The van der Waals surface area contributed by atoms with Crippen LogP contribution in [0, 0.1) is 11.3 Å². The second-order valence-electron chi connectivity index (χ2n) is 7.72. The molecule has 3 aliphatic rings. The summed E-state index contributed by atoms with van der Waals surface area (Å²) in [5, 5.41) is 9.18. The van der Waals surface area contributed by atoms with Gasteiger partial charge in [0.05, 0.1) is 5.56 Å². The van der Waals surface area contributed by atoms with Crippen LogP contribution < -0.4 is 10.5 Å². The molecule has 0 amide bonds. The van der Waals surface area contributed by atoms with E-state index in [1.54, 1.807) is 12.4 Å². The van der Waals surface area contributed by atoms with Crippen molar-refractivity contribution in [1.29, 1.82) is 5.26 Å². The van der Waals surface area contributed by atoms with Crippen molar-refractivity contribution >= 4 is 6.02 Å². The van der Waals surface area contributed by atoms with Crippen LogP contribution in [0.1, 0.15) is 30.9 Å². The number of nitrogens with zero attached hydrogens (tertiary/aromatic N) is 3. The van der Waals surface area contributed by atoms with Crippen molar-refractivity contribution in [2.75, 3.05) is 13.2 Å². The molecule has 1 spiro atoms. The monoisotopic (exact) mass is 376 g/mol. The Balaban J connectivity index is 1.69. The minimum absolute atomic E-state index is 0.169. The zero-order valence-electron chi connectivity index (χ0n) is 15.5. The fourth-order valence-corrected chi connectivity index (χ4v) is 4.58. The number of fused-ring (bicyclic) bond motifs is 4. The lowest BCUT2D eigenvalue weighted by Gasteiger charge is -2.51. The number of benzene rings is 1. The standard InChI is InChI=1S/C21H20N4O3/c1-20-5-2-6-26-18(20)21(12-27-19(23)25-21)16-8-14(3-4-17(16)28-20)15-7-13(9-22)10-24-11-15/h3-4,7-8,10-11,18H,2,5-6,12H2,1H3,(H2,23,25)/t18-,20-,21-/m0/s1. The average molecular weight is 376 g/mol. The Kier molecular flexibility index (Phi) is 3.61. The van der Waals surface area contributed by atoms with Crippen LogP contribution in [-0.2, 0) is 15.0 Å². The van der Waals surface area contributed by atoms with E-state index in [1.807, 2.05) is 24.3 Å². The lowest BCUT2D eigenvalue weighted by Crippen LogP contribution is -2.62. The first kappa shape index (κ1) is 17.0. The Morgan fingerprint density at radius 1 is 1.25 bits per heavy atom. The maximum absolute atomic E-state index is 9.18. The number of aliphatic imine (C=N–C) groups is 1. The molecule has 0 bridgehead atoms. The van der Waals surface area contributed by atoms with Gasteiger partial charge in [0.25, 0.3) is 6.02 Å². The number of hydrogen-bond acceptors (Lipinski definition) is 7. The maximum Gasteiger partial charge on any atom is 0.283 e. The summed E-state index contributed by atoms with van der Waals surface area (Å²) in [5.41, 5.74) is 7.87. The summed E-state index contributed by atoms with van der Waals surface area (Å²) in [4.78, 5) is 8.89. The predicted octanol–water partition coefficient (Wildman–Crippen LogP) is 2.49. The SMILES string of the molecule is C[C@]12CCCO[C@@H]1[C@]1(COC(N)=N1)c1cc(-c3cncc(C#N)c3)ccc1O2. The Hall–Kier alpha value is -3.11. The van der Waals surface area contributed by atoms with E-state index >= 15 is 0 Å². The molecule has 0 unspecified atom stereocenters. The van der Waals surface area contributed by atoms with E-state index in [-0.39, 0.29) is 12.1 Å². The largest absolute Gasteiger partial charge is 0.484 e. The van der Waals surface area contributed by atoms with E-state index < -0.39 is 11.1 Å². The second kappa shape index (κ2) is 5.94. The molecule has 1 fully saturated rings. The van der Waals surface area contributed by atoms with Crippen LogP contribution in [0.2, 0.25) is 0 Å². The fraction of sp³-hybridized carbons (Fsp3) is 0.381. The van der Waals surface area contributed by atoms with Crippen molar-refractivity contribution in [2.24, 2.45) is 10.7 Å². The Morgan fingerprint density at radius 3 is 2.93 bits per heavy atom. The number of nitrogens with two attached hydrogens (primary N) is 1. The molecule has 5 rings (SSSR count). The summed E-state index contributed by atoms with van der Waals surface area (Å²) in [7, 11) is 0. The first-order valence-corrected chi connectivity index (χ1v) is 9.33. The molecule has 7 nitrogen and oxygen atoms in total. The number of ether oxygens (including phenoxy) is 3. The quantitative estimate of drug-likeness (QED) is 0.820. The zero-order chi connectivity index (χ0) is 19.4. The van der Waals surface area contributed by atoms with E-state index in [0.717, 1.165) is 35.3 Å². The molecular weight excluding hydrogens is 356 g/mol. The van der Waals surface area contributed by atoms with Crippen LogP contribution in [-0.4, -0.2) is 35.9 Å². The maximum atomic E-state index is 9.18. The Labute approximate surface area is 162 Å². The number of amidine groups is 1. The van der Waals surface area contributed by atoms with E-state index in [9.17, 15) is 5.26 Å². The van der Waals surface area contributed by atoms with E-state index in [2.05, 4.69) is 18.0 Å². The third-order valence-electron chi connectivity index (χ3n) is 5.83. The highest BCUT2D eigenvalue weighted by Crippen LogP contribution is 2.52. The van der Waals surface area contributed by atoms with Crippen LogP contribution in [0.3, 0.4) is 0 Å². The van der Waals surface area contributed by atoms with Crippen molar-refractivity contribution in [3.05, 3.63) is 47.8 Å². The van der Waals surface area contributed by atoms with Crippen LogP contribution in [0.25, 0.3) is 11.1 Å². The summed E-state index contributed by atoms with van der Waals surface area (Å²) >= 11 is 0. The molecule has 142 valence electrons. The van der Waals surface area contributed by atoms with E-state index in [4.69, 9.17) is 24.9 Å². The van der Waals surface area contributed by atoms with E-state index in [1.165, 1.54) is 0 Å². The lowest BCUT2D eigenvalue weighted by atomic mass is 9.72. The summed E-state index contributed by atoms with van der Waals surface area (Å²) in [6.07, 6.45) is 4.81. The smallest absolute Gasteiger partial charge is 0.283 e. The number of rotatable bonds is 1. The summed E-state index contributed by atoms with van der Waals surface area (Å²) in [6.45, 7) is 3.04. The average Bonchev–Trinajstić information content (AvgIpc) is 3.10. The van der Waals surface area contributed by atoms with Gasteiger partial charge in [-0.25, -0.2) is 4.99 Å². The number of hydrogen-bond donors (Lipinski definition) is 1. The van der Waals surface area contributed by atoms with Crippen molar-refractivity contribution in [2.45, 2.75) is 37.0 Å². The molecular formula is C21H20N4O3. The summed E-state index contributed by atoms with van der Waals surface area (Å²) < 4.78 is 18.2. The molecule has 2 aromatic rings. The van der Waals surface area contributed by atoms with Gasteiger partial charge < -0.3 is 19.9 Å². The van der Waals surface area contributed by atoms with Gasteiger partial charge in [-0.15, -0.1) is 0 Å². The van der Waals surface area contributed by atoms with Crippen LogP contribution in [0.5, 0.6) is 5.75 Å². The molecule has 1 aromatic carbocycles. The molecule has 2 N–H and O–H groups in total. The highest BCUT2D eigenvalue weighted by molar-refractivity contribution is 5.76. The Morgan fingerprint density at radius 2 is 2.14 bits per heavy atom. The molecule has 28 heavy (non-hydrogen) atoms. The molecule has 0 aliphatic carbocycles.